The zero-order valence-corrected chi connectivity index (χ0v) is 10.9. The van der Waals surface area contributed by atoms with Crippen LogP contribution in [0.3, 0.4) is 0 Å². The van der Waals surface area contributed by atoms with Gasteiger partial charge in [0.15, 0.2) is 0 Å². The second-order valence-electron chi connectivity index (χ2n) is 4.44. The fourth-order valence-electron chi connectivity index (χ4n) is 1.64. The van der Waals surface area contributed by atoms with Crippen molar-refractivity contribution in [1.82, 2.24) is 5.32 Å². The first-order chi connectivity index (χ1) is 8.66. The molecule has 0 spiro atoms. The van der Waals surface area contributed by atoms with E-state index in [1.807, 2.05) is 18.2 Å². The van der Waals surface area contributed by atoms with E-state index >= 15 is 0 Å². The molecule has 3 N–H and O–H groups in total. The van der Waals surface area contributed by atoms with Gasteiger partial charge in [0, 0.05) is 23.2 Å². The maximum Gasteiger partial charge on any atom is 0.220 e. The number of ether oxygens (including phenoxy) is 1. The SMILES string of the molecule is NC(=O)CCOc1cccc(Cl)c1CNC1CC1. The third-order valence-electron chi connectivity index (χ3n) is 2.83. The molecule has 0 aliphatic heterocycles. The molecular formula is C13H17ClN2O2. The van der Waals surface area contributed by atoms with E-state index in [1.54, 1.807) is 0 Å². The van der Waals surface area contributed by atoms with Crippen molar-refractivity contribution in [2.75, 3.05) is 6.61 Å². The molecule has 1 saturated carbocycles. The van der Waals surface area contributed by atoms with Crippen LogP contribution >= 0.6 is 11.6 Å². The Morgan fingerprint density at radius 3 is 2.94 bits per heavy atom. The summed E-state index contributed by atoms with van der Waals surface area (Å²) in [7, 11) is 0. The summed E-state index contributed by atoms with van der Waals surface area (Å²) in [5.74, 6) is 0.353. The first-order valence-corrected chi connectivity index (χ1v) is 6.46. The van der Waals surface area contributed by atoms with Crippen LogP contribution in [-0.4, -0.2) is 18.6 Å². The summed E-state index contributed by atoms with van der Waals surface area (Å²) in [6.07, 6.45) is 2.66. The highest BCUT2D eigenvalue weighted by molar-refractivity contribution is 6.31. The summed E-state index contributed by atoms with van der Waals surface area (Å²) in [5, 5.41) is 4.08. The van der Waals surface area contributed by atoms with E-state index in [0.717, 1.165) is 11.3 Å². The summed E-state index contributed by atoms with van der Waals surface area (Å²) in [6, 6.07) is 6.14. The molecule has 0 bridgehead atoms. The van der Waals surface area contributed by atoms with Crippen LogP contribution < -0.4 is 15.8 Å². The molecule has 0 radical (unpaired) electrons. The van der Waals surface area contributed by atoms with E-state index in [9.17, 15) is 4.79 Å². The molecule has 0 heterocycles. The number of nitrogens with one attached hydrogen (secondary N) is 1. The number of hydrogen-bond donors (Lipinski definition) is 2. The number of carbonyl (C=O) groups excluding carboxylic acids is 1. The molecule has 4 nitrogen and oxygen atoms in total. The van der Waals surface area contributed by atoms with Gasteiger partial charge in [-0.1, -0.05) is 17.7 Å². The summed E-state index contributed by atoms with van der Waals surface area (Å²) < 4.78 is 5.56. The third kappa shape index (κ3) is 3.89. The number of hydrogen-bond acceptors (Lipinski definition) is 3. The standard InChI is InChI=1S/C13H17ClN2O2/c14-11-2-1-3-12(18-7-6-13(15)17)10(11)8-16-9-4-5-9/h1-3,9,16H,4-8H2,(H2,15,17). The van der Waals surface area contributed by atoms with Crippen molar-refractivity contribution >= 4 is 17.5 Å². The van der Waals surface area contributed by atoms with Crippen LogP contribution in [0.5, 0.6) is 5.75 Å². The third-order valence-corrected chi connectivity index (χ3v) is 3.18. The molecule has 1 aromatic carbocycles. The van der Waals surface area contributed by atoms with Crippen LogP contribution in [0.25, 0.3) is 0 Å². The second kappa shape index (κ2) is 6.07. The summed E-state index contributed by atoms with van der Waals surface area (Å²) in [5.41, 5.74) is 6.01. The van der Waals surface area contributed by atoms with Crippen LogP contribution in [0.2, 0.25) is 5.02 Å². The van der Waals surface area contributed by atoms with Crippen molar-refractivity contribution in [3.8, 4) is 5.75 Å². The molecule has 1 aromatic rings. The number of rotatable bonds is 7. The van der Waals surface area contributed by atoms with Gasteiger partial charge in [-0.25, -0.2) is 0 Å². The predicted octanol–water partition coefficient (Wildman–Crippen LogP) is 1.85. The second-order valence-corrected chi connectivity index (χ2v) is 4.84. The minimum Gasteiger partial charge on any atom is -0.493 e. The Hall–Kier alpha value is -1.26. The van der Waals surface area contributed by atoms with E-state index in [-0.39, 0.29) is 18.9 Å². The molecule has 1 aliphatic carbocycles. The van der Waals surface area contributed by atoms with Crippen molar-refractivity contribution in [2.24, 2.45) is 5.73 Å². The van der Waals surface area contributed by atoms with Gasteiger partial charge in [-0.2, -0.15) is 0 Å². The van der Waals surface area contributed by atoms with Crippen LogP contribution in [-0.2, 0) is 11.3 Å². The topological polar surface area (TPSA) is 64.4 Å². The van der Waals surface area contributed by atoms with Gasteiger partial charge in [-0.3, -0.25) is 4.79 Å². The van der Waals surface area contributed by atoms with Crippen LogP contribution in [0.1, 0.15) is 24.8 Å². The first kappa shape index (κ1) is 13.2. The summed E-state index contributed by atoms with van der Waals surface area (Å²) in [6.45, 7) is 0.975. The number of benzene rings is 1. The molecule has 1 aliphatic rings. The lowest BCUT2D eigenvalue weighted by Gasteiger charge is -2.13. The molecular weight excluding hydrogens is 252 g/mol. The van der Waals surface area contributed by atoms with Gasteiger partial charge in [-0.05, 0) is 25.0 Å². The van der Waals surface area contributed by atoms with Gasteiger partial charge in [0.2, 0.25) is 5.91 Å². The van der Waals surface area contributed by atoms with Gasteiger partial charge in [0.05, 0.1) is 13.0 Å². The molecule has 5 heteroatoms. The van der Waals surface area contributed by atoms with Gasteiger partial charge in [0.25, 0.3) is 0 Å². The van der Waals surface area contributed by atoms with Crippen molar-refractivity contribution < 1.29 is 9.53 Å². The van der Waals surface area contributed by atoms with Gasteiger partial charge >= 0.3 is 0 Å². The summed E-state index contributed by atoms with van der Waals surface area (Å²) >= 11 is 6.16. The number of amides is 1. The molecule has 0 unspecified atom stereocenters. The average molecular weight is 269 g/mol. The van der Waals surface area contributed by atoms with E-state index in [4.69, 9.17) is 22.1 Å². The van der Waals surface area contributed by atoms with E-state index in [1.165, 1.54) is 12.8 Å². The number of carbonyl (C=O) groups is 1. The van der Waals surface area contributed by atoms with E-state index in [2.05, 4.69) is 5.32 Å². The zero-order chi connectivity index (χ0) is 13.0. The molecule has 1 fully saturated rings. The van der Waals surface area contributed by atoms with Crippen molar-refractivity contribution in [3.05, 3.63) is 28.8 Å². The fraction of sp³-hybridized carbons (Fsp3) is 0.462. The lowest BCUT2D eigenvalue weighted by atomic mass is 10.2. The Morgan fingerprint density at radius 2 is 2.28 bits per heavy atom. The van der Waals surface area contributed by atoms with Crippen LogP contribution in [0, 0.1) is 0 Å². The molecule has 0 atom stereocenters. The minimum absolute atomic E-state index is 0.210. The lowest BCUT2D eigenvalue weighted by Crippen LogP contribution is -2.18. The lowest BCUT2D eigenvalue weighted by molar-refractivity contribution is -0.118. The van der Waals surface area contributed by atoms with Crippen molar-refractivity contribution in [1.29, 1.82) is 0 Å². The highest BCUT2D eigenvalue weighted by atomic mass is 35.5. The minimum atomic E-state index is -0.366. The Balaban J connectivity index is 1.97. The summed E-state index contributed by atoms with van der Waals surface area (Å²) in [4.78, 5) is 10.7. The highest BCUT2D eigenvalue weighted by Crippen LogP contribution is 2.28. The Morgan fingerprint density at radius 1 is 1.50 bits per heavy atom. The van der Waals surface area contributed by atoms with E-state index in [0.29, 0.717) is 17.6 Å². The quantitative estimate of drug-likeness (QED) is 0.793. The number of nitrogens with two attached hydrogens (primary N) is 1. The Bertz CT molecular complexity index is 433. The van der Waals surface area contributed by atoms with Crippen LogP contribution in [0.15, 0.2) is 18.2 Å². The monoisotopic (exact) mass is 268 g/mol. The Kier molecular flexibility index (Phi) is 4.44. The molecule has 0 aromatic heterocycles. The zero-order valence-electron chi connectivity index (χ0n) is 10.1. The normalized spacial score (nSPS) is 14.5. The molecule has 2 rings (SSSR count). The van der Waals surface area contributed by atoms with Crippen molar-refractivity contribution in [3.63, 3.8) is 0 Å². The molecule has 0 saturated heterocycles. The van der Waals surface area contributed by atoms with Crippen molar-refractivity contribution in [2.45, 2.75) is 31.8 Å². The van der Waals surface area contributed by atoms with Crippen LogP contribution in [0.4, 0.5) is 0 Å². The molecule has 1 amide bonds. The predicted molar refractivity (Wildman–Crippen MR) is 70.6 cm³/mol. The maximum absolute atomic E-state index is 10.7. The Labute approximate surface area is 111 Å². The van der Waals surface area contributed by atoms with Gasteiger partial charge in [0.1, 0.15) is 5.75 Å². The average Bonchev–Trinajstić information content (AvgIpc) is 3.11. The highest BCUT2D eigenvalue weighted by Gasteiger charge is 2.21. The number of halogens is 1. The smallest absolute Gasteiger partial charge is 0.220 e. The van der Waals surface area contributed by atoms with Gasteiger partial charge < -0.3 is 15.8 Å². The first-order valence-electron chi connectivity index (χ1n) is 6.08. The largest absolute Gasteiger partial charge is 0.493 e. The fourth-order valence-corrected chi connectivity index (χ4v) is 1.87. The number of primary amides is 1. The maximum atomic E-state index is 10.7. The van der Waals surface area contributed by atoms with Gasteiger partial charge in [-0.15, -0.1) is 0 Å². The van der Waals surface area contributed by atoms with E-state index < -0.39 is 0 Å². The molecule has 98 valence electrons. The molecule has 18 heavy (non-hydrogen) atoms.